The molecular formula is C16H20FN3O. The molecule has 4 nitrogen and oxygen atoms in total. The first-order chi connectivity index (χ1) is 10.1. The average Bonchev–Trinajstić information content (AvgIpc) is 2.48. The van der Waals surface area contributed by atoms with Crippen LogP contribution >= 0.6 is 0 Å². The molecule has 0 aliphatic carbocycles. The first kappa shape index (κ1) is 15.4. The van der Waals surface area contributed by atoms with Gasteiger partial charge in [0.05, 0.1) is 5.69 Å². The van der Waals surface area contributed by atoms with E-state index in [1.54, 1.807) is 13.0 Å². The fourth-order valence-corrected chi connectivity index (χ4v) is 1.93. The van der Waals surface area contributed by atoms with E-state index in [4.69, 9.17) is 4.74 Å². The number of rotatable bonds is 6. The highest BCUT2D eigenvalue weighted by atomic mass is 19.1. The molecule has 0 spiro atoms. The van der Waals surface area contributed by atoms with E-state index in [2.05, 4.69) is 15.3 Å². The Morgan fingerprint density at radius 3 is 2.67 bits per heavy atom. The van der Waals surface area contributed by atoms with Crippen molar-refractivity contribution >= 4 is 5.82 Å². The van der Waals surface area contributed by atoms with E-state index < -0.39 is 0 Å². The Hall–Kier alpha value is -2.01. The fourth-order valence-electron chi connectivity index (χ4n) is 1.93. The first-order valence-electron chi connectivity index (χ1n) is 7.10. The van der Waals surface area contributed by atoms with Crippen LogP contribution in [0.25, 0.3) is 11.3 Å². The molecule has 0 atom stereocenters. The molecule has 0 bridgehead atoms. The Morgan fingerprint density at radius 2 is 2.00 bits per heavy atom. The van der Waals surface area contributed by atoms with Crippen molar-refractivity contribution in [2.45, 2.75) is 27.4 Å². The highest BCUT2D eigenvalue weighted by Crippen LogP contribution is 2.22. The molecule has 1 aromatic carbocycles. The maximum atomic E-state index is 13.7. The lowest BCUT2D eigenvalue weighted by Gasteiger charge is -2.10. The van der Waals surface area contributed by atoms with Crippen LogP contribution in [0.3, 0.4) is 0 Å². The second-order valence-electron chi connectivity index (χ2n) is 4.69. The van der Waals surface area contributed by atoms with Gasteiger partial charge in [-0.05, 0) is 32.4 Å². The zero-order valence-electron chi connectivity index (χ0n) is 12.6. The van der Waals surface area contributed by atoms with E-state index in [1.165, 1.54) is 6.07 Å². The Morgan fingerprint density at radius 1 is 1.19 bits per heavy atom. The van der Waals surface area contributed by atoms with Gasteiger partial charge in [0, 0.05) is 24.8 Å². The number of nitrogens with zero attached hydrogens (tertiary/aromatic N) is 2. The van der Waals surface area contributed by atoms with Crippen molar-refractivity contribution in [3.63, 3.8) is 0 Å². The topological polar surface area (TPSA) is 47.0 Å². The fraction of sp³-hybridized carbons (Fsp3) is 0.375. The summed E-state index contributed by atoms with van der Waals surface area (Å²) < 4.78 is 19.1. The number of hydrogen-bond acceptors (Lipinski definition) is 4. The molecule has 2 rings (SSSR count). The van der Waals surface area contributed by atoms with Gasteiger partial charge in [0.2, 0.25) is 0 Å². The molecule has 0 amide bonds. The molecule has 5 heteroatoms. The third-order valence-electron chi connectivity index (χ3n) is 3.03. The standard InChI is InChI=1S/C16H20FN3O/c1-4-18-15-9-14(19-16(20-15)10-21-5-2)12-7-6-11(3)13(17)8-12/h6-9H,4-5,10H2,1-3H3,(H,18,19,20). The van der Waals surface area contributed by atoms with Gasteiger partial charge in [-0.1, -0.05) is 12.1 Å². The summed E-state index contributed by atoms with van der Waals surface area (Å²) in [7, 11) is 0. The van der Waals surface area contributed by atoms with E-state index in [-0.39, 0.29) is 5.82 Å². The largest absolute Gasteiger partial charge is 0.374 e. The maximum absolute atomic E-state index is 13.7. The summed E-state index contributed by atoms with van der Waals surface area (Å²) in [6.07, 6.45) is 0. The van der Waals surface area contributed by atoms with Gasteiger partial charge >= 0.3 is 0 Å². The van der Waals surface area contributed by atoms with E-state index in [0.29, 0.717) is 30.3 Å². The minimum absolute atomic E-state index is 0.234. The van der Waals surface area contributed by atoms with Crippen molar-refractivity contribution < 1.29 is 9.13 Å². The summed E-state index contributed by atoms with van der Waals surface area (Å²) in [4.78, 5) is 8.84. The van der Waals surface area contributed by atoms with Crippen molar-refractivity contribution in [2.75, 3.05) is 18.5 Å². The van der Waals surface area contributed by atoms with Crippen LogP contribution in [0.5, 0.6) is 0 Å². The zero-order chi connectivity index (χ0) is 15.2. The molecule has 2 aromatic rings. The van der Waals surface area contributed by atoms with Crippen molar-refractivity contribution in [3.8, 4) is 11.3 Å². The minimum atomic E-state index is -0.234. The summed E-state index contributed by atoms with van der Waals surface area (Å²) in [5.74, 6) is 1.08. The molecule has 0 unspecified atom stereocenters. The van der Waals surface area contributed by atoms with Crippen LogP contribution in [0, 0.1) is 12.7 Å². The Balaban J connectivity index is 2.40. The third kappa shape index (κ3) is 3.98. The van der Waals surface area contributed by atoms with Crippen molar-refractivity contribution in [2.24, 2.45) is 0 Å². The second-order valence-corrected chi connectivity index (χ2v) is 4.69. The van der Waals surface area contributed by atoms with E-state index in [0.717, 1.165) is 17.9 Å². The molecule has 0 saturated carbocycles. The van der Waals surface area contributed by atoms with E-state index in [1.807, 2.05) is 26.0 Å². The molecule has 1 aromatic heterocycles. The number of hydrogen-bond donors (Lipinski definition) is 1. The van der Waals surface area contributed by atoms with Gasteiger partial charge in [0.25, 0.3) is 0 Å². The van der Waals surface area contributed by atoms with E-state index in [9.17, 15) is 4.39 Å². The third-order valence-corrected chi connectivity index (χ3v) is 3.03. The predicted molar refractivity (Wildman–Crippen MR) is 81.7 cm³/mol. The first-order valence-corrected chi connectivity index (χ1v) is 7.10. The molecule has 21 heavy (non-hydrogen) atoms. The normalized spacial score (nSPS) is 10.7. The van der Waals surface area contributed by atoms with Crippen molar-refractivity contribution in [1.29, 1.82) is 0 Å². The van der Waals surface area contributed by atoms with Gasteiger partial charge in [-0.3, -0.25) is 0 Å². The zero-order valence-corrected chi connectivity index (χ0v) is 12.6. The van der Waals surface area contributed by atoms with Gasteiger partial charge in [0.1, 0.15) is 18.2 Å². The van der Waals surface area contributed by atoms with Crippen LogP contribution < -0.4 is 5.32 Å². The monoisotopic (exact) mass is 289 g/mol. The summed E-state index contributed by atoms with van der Waals surface area (Å²) in [5, 5.41) is 3.16. The number of halogens is 1. The molecule has 0 fully saturated rings. The van der Waals surface area contributed by atoms with Crippen LogP contribution in [-0.2, 0) is 11.3 Å². The van der Waals surface area contributed by atoms with Crippen LogP contribution in [0.15, 0.2) is 24.3 Å². The smallest absolute Gasteiger partial charge is 0.157 e. The van der Waals surface area contributed by atoms with Gasteiger partial charge < -0.3 is 10.1 Å². The SMILES string of the molecule is CCNc1cc(-c2ccc(C)c(F)c2)nc(COCC)n1. The van der Waals surface area contributed by atoms with Gasteiger partial charge in [-0.15, -0.1) is 0 Å². The molecule has 0 aliphatic heterocycles. The maximum Gasteiger partial charge on any atom is 0.157 e. The summed E-state index contributed by atoms with van der Waals surface area (Å²) >= 11 is 0. The predicted octanol–water partition coefficient (Wildman–Crippen LogP) is 3.56. The lowest BCUT2D eigenvalue weighted by molar-refractivity contribution is 0.128. The molecule has 112 valence electrons. The number of ether oxygens (including phenoxy) is 1. The van der Waals surface area contributed by atoms with Gasteiger partial charge in [-0.25, -0.2) is 14.4 Å². The van der Waals surface area contributed by atoms with Crippen molar-refractivity contribution in [1.82, 2.24) is 9.97 Å². The summed E-state index contributed by atoms with van der Waals surface area (Å²) in [6.45, 7) is 7.36. The number of nitrogens with one attached hydrogen (secondary N) is 1. The minimum Gasteiger partial charge on any atom is -0.374 e. The number of anilines is 1. The van der Waals surface area contributed by atoms with Crippen LogP contribution in [-0.4, -0.2) is 23.1 Å². The molecule has 1 N–H and O–H groups in total. The summed E-state index contributed by atoms with van der Waals surface area (Å²) in [5.41, 5.74) is 2.04. The van der Waals surface area contributed by atoms with Gasteiger partial charge in [-0.2, -0.15) is 0 Å². The Kier molecular flexibility index (Phi) is 5.22. The van der Waals surface area contributed by atoms with Gasteiger partial charge in [0.15, 0.2) is 5.82 Å². The molecular weight excluding hydrogens is 269 g/mol. The Bertz CT molecular complexity index is 616. The second kappa shape index (κ2) is 7.13. The number of aromatic nitrogens is 2. The lowest BCUT2D eigenvalue weighted by atomic mass is 10.1. The van der Waals surface area contributed by atoms with Crippen LogP contribution in [0.1, 0.15) is 25.2 Å². The molecule has 1 heterocycles. The quantitative estimate of drug-likeness (QED) is 0.883. The average molecular weight is 289 g/mol. The van der Waals surface area contributed by atoms with Crippen LogP contribution in [0.4, 0.5) is 10.2 Å². The molecule has 0 saturated heterocycles. The van der Waals surface area contributed by atoms with Crippen LogP contribution in [0.2, 0.25) is 0 Å². The highest BCUT2D eigenvalue weighted by molar-refractivity contribution is 5.63. The van der Waals surface area contributed by atoms with E-state index >= 15 is 0 Å². The lowest BCUT2D eigenvalue weighted by Crippen LogP contribution is -2.06. The number of benzene rings is 1. The molecule has 0 radical (unpaired) electrons. The Labute approximate surface area is 124 Å². The van der Waals surface area contributed by atoms with Crippen molar-refractivity contribution in [3.05, 3.63) is 41.5 Å². The molecule has 0 aliphatic rings. The summed E-state index contributed by atoms with van der Waals surface area (Å²) in [6, 6.07) is 6.93. The highest BCUT2D eigenvalue weighted by Gasteiger charge is 2.08. The number of aryl methyl sites for hydroxylation is 1.